The van der Waals surface area contributed by atoms with Crippen LogP contribution in [0.3, 0.4) is 0 Å². The number of likely N-dealkylation sites (N-methyl/N-ethyl adjacent to an activating group) is 1. The van der Waals surface area contributed by atoms with Gasteiger partial charge in [-0.05, 0) is 30.7 Å². The van der Waals surface area contributed by atoms with Gasteiger partial charge < -0.3 is 5.32 Å². The number of nitrogens with one attached hydrogen (secondary N) is 1. The zero-order valence-electron chi connectivity index (χ0n) is 9.82. The van der Waals surface area contributed by atoms with Crippen LogP contribution in [0, 0.1) is 5.82 Å². The molecule has 6 heteroatoms. The molecule has 1 aromatic carbocycles. The third kappa shape index (κ3) is 5.23. The molecule has 0 aliphatic heterocycles. The summed E-state index contributed by atoms with van der Waals surface area (Å²) in [6.45, 7) is 2.16. The molecule has 1 N–H and O–H groups in total. The molecule has 0 bridgehead atoms. The second-order valence-electron chi connectivity index (χ2n) is 4.01. The van der Waals surface area contributed by atoms with Crippen molar-refractivity contribution in [2.75, 3.05) is 6.54 Å². The van der Waals surface area contributed by atoms with Gasteiger partial charge in [-0.2, -0.15) is 13.2 Å². The fourth-order valence-electron chi connectivity index (χ4n) is 1.74. The van der Waals surface area contributed by atoms with Gasteiger partial charge in [0.25, 0.3) is 0 Å². The van der Waals surface area contributed by atoms with E-state index in [0.29, 0.717) is 12.1 Å². The van der Waals surface area contributed by atoms with Gasteiger partial charge in [0.2, 0.25) is 0 Å². The highest BCUT2D eigenvalue weighted by molar-refractivity contribution is 6.31. The zero-order valence-corrected chi connectivity index (χ0v) is 10.6. The lowest BCUT2D eigenvalue weighted by Crippen LogP contribution is -2.35. The molecule has 0 amide bonds. The van der Waals surface area contributed by atoms with E-state index in [2.05, 4.69) is 5.32 Å². The number of hydrogen-bond acceptors (Lipinski definition) is 1. The van der Waals surface area contributed by atoms with E-state index in [1.54, 1.807) is 6.92 Å². The fourth-order valence-corrected chi connectivity index (χ4v) is 1.98. The molecule has 1 atom stereocenters. The predicted octanol–water partition coefficient (Wildman–Crippen LogP) is 3.95. The van der Waals surface area contributed by atoms with Crippen LogP contribution in [0.5, 0.6) is 0 Å². The van der Waals surface area contributed by atoms with Crippen LogP contribution in [0.25, 0.3) is 0 Å². The van der Waals surface area contributed by atoms with E-state index in [9.17, 15) is 17.6 Å². The minimum Gasteiger partial charge on any atom is -0.314 e. The van der Waals surface area contributed by atoms with Gasteiger partial charge in [-0.3, -0.25) is 0 Å². The van der Waals surface area contributed by atoms with Crippen LogP contribution >= 0.6 is 11.6 Å². The minimum absolute atomic E-state index is 0.118. The Balaban J connectivity index is 2.76. The summed E-state index contributed by atoms with van der Waals surface area (Å²) in [5.41, 5.74) is 0.508. The molecule has 0 spiro atoms. The fraction of sp³-hybridized carbons (Fsp3) is 0.500. The van der Waals surface area contributed by atoms with Crippen LogP contribution in [-0.4, -0.2) is 18.8 Å². The highest BCUT2D eigenvalue weighted by atomic mass is 35.5. The first-order chi connectivity index (χ1) is 8.31. The first kappa shape index (κ1) is 15.2. The van der Waals surface area contributed by atoms with E-state index in [-0.39, 0.29) is 11.4 Å². The van der Waals surface area contributed by atoms with Gasteiger partial charge in [0.05, 0.1) is 6.42 Å². The third-order valence-electron chi connectivity index (χ3n) is 2.45. The molecule has 18 heavy (non-hydrogen) atoms. The largest absolute Gasteiger partial charge is 0.390 e. The Morgan fingerprint density at radius 1 is 1.33 bits per heavy atom. The van der Waals surface area contributed by atoms with Crippen LogP contribution in [0.1, 0.15) is 18.9 Å². The molecule has 1 aromatic rings. The summed E-state index contributed by atoms with van der Waals surface area (Å²) >= 11 is 5.80. The van der Waals surface area contributed by atoms with Crippen molar-refractivity contribution in [1.82, 2.24) is 5.32 Å². The molecule has 0 fully saturated rings. The maximum atomic E-state index is 12.8. The smallest absolute Gasteiger partial charge is 0.314 e. The Bertz CT molecular complexity index is 392. The van der Waals surface area contributed by atoms with Crippen LogP contribution in [0.2, 0.25) is 5.02 Å². The van der Waals surface area contributed by atoms with E-state index in [1.807, 2.05) is 0 Å². The first-order valence-corrected chi connectivity index (χ1v) is 5.93. The Morgan fingerprint density at radius 3 is 2.50 bits per heavy atom. The van der Waals surface area contributed by atoms with Gasteiger partial charge in [0.15, 0.2) is 0 Å². The van der Waals surface area contributed by atoms with Gasteiger partial charge in [-0.25, -0.2) is 4.39 Å². The summed E-state index contributed by atoms with van der Waals surface area (Å²) in [7, 11) is 0. The lowest BCUT2D eigenvalue weighted by atomic mass is 10.0. The summed E-state index contributed by atoms with van der Waals surface area (Å²) in [6.07, 6.45) is -5.06. The summed E-state index contributed by atoms with van der Waals surface area (Å²) in [5.74, 6) is -0.500. The summed E-state index contributed by atoms with van der Waals surface area (Å²) in [5, 5.41) is 2.91. The molecule has 0 radical (unpaired) electrons. The lowest BCUT2D eigenvalue weighted by Gasteiger charge is -2.20. The van der Waals surface area contributed by atoms with Crippen LogP contribution in [0.4, 0.5) is 17.6 Å². The molecular formula is C12H14ClF4N. The van der Waals surface area contributed by atoms with Crippen LogP contribution in [-0.2, 0) is 6.42 Å². The predicted molar refractivity (Wildman–Crippen MR) is 63.3 cm³/mol. The molecule has 1 rings (SSSR count). The standard InChI is InChI=1S/C12H14ClF4N/c1-2-18-10(7-12(15,16)17)5-8-3-4-9(14)6-11(8)13/h3-4,6,10,18H,2,5,7H2,1H3. The SMILES string of the molecule is CCNC(Cc1ccc(F)cc1Cl)CC(F)(F)F. The average Bonchev–Trinajstić information content (AvgIpc) is 2.20. The molecule has 0 saturated heterocycles. The van der Waals surface area contributed by atoms with Crippen molar-refractivity contribution < 1.29 is 17.6 Å². The normalized spacial score (nSPS) is 13.7. The molecule has 0 heterocycles. The molecular weight excluding hydrogens is 270 g/mol. The molecule has 0 aliphatic carbocycles. The number of rotatable bonds is 5. The van der Waals surface area contributed by atoms with E-state index < -0.39 is 24.5 Å². The van der Waals surface area contributed by atoms with Crippen LogP contribution in [0.15, 0.2) is 18.2 Å². The quantitative estimate of drug-likeness (QED) is 0.807. The van der Waals surface area contributed by atoms with Gasteiger partial charge in [0.1, 0.15) is 5.82 Å². The van der Waals surface area contributed by atoms with E-state index >= 15 is 0 Å². The number of benzene rings is 1. The molecule has 102 valence electrons. The first-order valence-electron chi connectivity index (χ1n) is 5.56. The average molecular weight is 284 g/mol. The maximum absolute atomic E-state index is 12.8. The van der Waals surface area contributed by atoms with Crippen molar-refractivity contribution >= 4 is 11.6 Å². The van der Waals surface area contributed by atoms with Crippen molar-refractivity contribution in [3.05, 3.63) is 34.6 Å². The van der Waals surface area contributed by atoms with Gasteiger partial charge >= 0.3 is 6.18 Å². The Labute approximate surface area is 108 Å². The van der Waals surface area contributed by atoms with Gasteiger partial charge in [0, 0.05) is 11.1 Å². The van der Waals surface area contributed by atoms with Crippen molar-refractivity contribution in [2.24, 2.45) is 0 Å². The Hall–Kier alpha value is -0.810. The molecule has 1 unspecified atom stereocenters. The molecule has 1 nitrogen and oxygen atoms in total. The van der Waals surface area contributed by atoms with Crippen LogP contribution < -0.4 is 5.32 Å². The minimum atomic E-state index is -4.24. The Kier molecular flexibility index (Phi) is 5.41. The van der Waals surface area contributed by atoms with Gasteiger partial charge in [-0.15, -0.1) is 0 Å². The zero-order chi connectivity index (χ0) is 13.8. The van der Waals surface area contributed by atoms with E-state index in [4.69, 9.17) is 11.6 Å². The van der Waals surface area contributed by atoms with Crippen molar-refractivity contribution in [2.45, 2.75) is 32.0 Å². The second-order valence-corrected chi connectivity index (χ2v) is 4.42. The van der Waals surface area contributed by atoms with Crippen molar-refractivity contribution in [3.63, 3.8) is 0 Å². The second kappa shape index (κ2) is 6.38. The summed E-state index contributed by atoms with van der Waals surface area (Å²) in [6, 6.07) is 2.96. The van der Waals surface area contributed by atoms with Crippen molar-refractivity contribution in [3.8, 4) is 0 Å². The van der Waals surface area contributed by atoms with E-state index in [0.717, 1.165) is 6.07 Å². The summed E-state index contributed by atoms with van der Waals surface area (Å²) in [4.78, 5) is 0. The topological polar surface area (TPSA) is 12.0 Å². The lowest BCUT2D eigenvalue weighted by molar-refractivity contribution is -0.139. The molecule has 0 aliphatic rings. The van der Waals surface area contributed by atoms with E-state index in [1.165, 1.54) is 12.1 Å². The molecule has 0 aromatic heterocycles. The number of halogens is 5. The van der Waals surface area contributed by atoms with Crippen molar-refractivity contribution in [1.29, 1.82) is 0 Å². The molecule has 0 saturated carbocycles. The maximum Gasteiger partial charge on any atom is 0.390 e. The Morgan fingerprint density at radius 2 is 2.00 bits per heavy atom. The third-order valence-corrected chi connectivity index (χ3v) is 2.80. The summed E-state index contributed by atoms with van der Waals surface area (Å²) < 4.78 is 49.9. The number of alkyl halides is 3. The highest BCUT2D eigenvalue weighted by Crippen LogP contribution is 2.25. The monoisotopic (exact) mass is 283 g/mol. The highest BCUT2D eigenvalue weighted by Gasteiger charge is 2.31. The van der Waals surface area contributed by atoms with Gasteiger partial charge in [-0.1, -0.05) is 24.6 Å². The number of hydrogen-bond donors (Lipinski definition) is 1.